The zero-order chi connectivity index (χ0) is 15.1. The number of aromatic nitrogens is 1. The maximum Gasteiger partial charge on any atom is 0.223 e. The fourth-order valence-electron chi connectivity index (χ4n) is 2.57. The van der Waals surface area contributed by atoms with Gasteiger partial charge in [0, 0.05) is 37.4 Å². The molecule has 0 spiro atoms. The van der Waals surface area contributed by atoms with Crippen molar-refractivity contribution in [2.45, 2.75) is 37.8 Å². The summed E-state index contributed by atoms with van der Waals surface area (Å²) < 4.78 is 0. The van der Waals surface area contributed by atoms with Crippen LogP contribution in [-0.2, 0) is 4.79 Å². The Labute approximate surface area is 125 Å². The average molecular weight is 292 g/mol. The average Bonchev–Trinajstić information content (AvgIpc) is 2.50. The third-order valence-corrected chi connectivity index (χ3v) is 3.88. The summed E-state index contributed by atoms with van der Waals surface area (Å²) in [5.41, 5.74) is 6.78. The second-order valence-corrected chi connectivity index (χ2v) is 5.55. The molecule has 0 aliphatic heterocycles. The first kappa shape index (κ1) is 15.7. The molecule has 0 unspecified atom stereocenters. The predicted molar refractivity (Wildman–Crippen MR) is 81.7 cm³/mol. The monoisotopic (exact) mass is 292 g/mol. The number of hydrogen-bond donors (Lipinski definition) is 4. The lowest BCUT2D eigenvalue weighted by Crippen LogP contribution is -2.45. The van der Waals surface area contributed by atoms with Gasteiger partial charge in [0.2, 0.25) is 5.91 Å². The van der Waals surface area contributed by atoms with E-state index >= 15 is 0 Å². The van der Waals surface area contributed by atoms with Crippen molar-refractivity contribution in [1.29, 1.82) is 0 Å². The van der Waals surface area contributed by atoms with Gasteiger partial charge < -0.3 is 21.5 Å². The Bertz CT molecular complexity index is 441. The molecule has 1 fully saturated rings. The van der Waals surface area contributed by atoms with Crippen LogP contribution in [0.3, 0.4) is 0 Å². The van der Waals surface area contributed by atoms with E-state index in [1.54, 1.807) is 12.4 Å². The Morgan fingerprint density at radius 1 is 1.43 bits per heavy atom. The lowest BCUT2D eigenvalue weighted by Gasteiger charge is -2.30. The normalized spacial score (nSPS) is 25.3. The van der Waals surface area contributed by atoms with Crippen LogP contribution in [0.2, 0.25) is 0 Å². The Balaban J connectivity index is 1.59. The molecule has 2 rings (SSSR count). The molecule has 1 heterocycles. The van der Waals surface area contributed by atoms with Gasteiger partial charge in [-0.2, -0.15) is 0 Å². The summed E-state index contributed by atoms with van der Waals surface area (Å²) in [6.45, 7) is 1.43. The molecule has 1 aromatic rings. The van der Waals surface area contributed by atoms with Crippen LogP contribution in [0.5, 0.6) is 0 Å². The molecular weight excluding hydrogens is 268 g/mol. The van der Waals surface area contributed by atoms with Crippen molar-refractivity contribution in [2.24, 2.45) is 11.7 Å². The van der Waals surface area contributed by atoms with Gasteiger partial charge in [0.05, 0.1) is 11.8 Å². The van der Waals surface area contributed by atoms with E-state index < -0.39 is 6.10 Å². The highest BCUT2D eigenvalue weighted by Gasteiger charge is 2.30. The quantitative estimate of drug-likeness (QED) is 0.572. The molecule has 21 heavy (non-hydrogen) atoms. The van der Waals surface area contributed by atoms with Crippen LogP contribution in [0.4, 0.5) is 5.69 Å². The molecule has 1 aliphatic rings. The highest BCUT2D eigenvalue weighted by Crippen LogP contribution is 2.23. The van der Waals surface area contributed by atoms with Crippen LogP contribution in [-0.4, -0.2) is 41.2 Å². The zero-order valence-electron chi connectivity index (χ0n) is 12.2. The number of carbonyl (C=O) groups excluding carboxylic acids is 1. The van der Waals surface area contributed by atoms with Crippen molar-refractivity contribution >= 4 is 11.6 Å². The van der Waals surface area contributed by atoms with Gasteiger partial charge in [-0.25, -0.2) is 0 Å². The highest BCUT2D eigenvalue weighted by atomic mass is 16.3. The van der Waals surface area contributed by atoms with Crippen LogP contribution in [0, 0.1) is 5.92 Å². The van der Waals surface area contributed by atoms with E-state index in [1.165, 1.54) is 0 Å². The Kier molecular flexibility index (Phi) is 5.95. The summed E-state index contributed by atoms with van der Waals surface area (Å²) in [7, 11) is 0. The maximum atomic E-state index is 12.0. The minimum absolute atomic E-state index is 0.0544. The molecule has 1 saturated carbocycles. The number of carbonyl (C=O) groups is 1. The van der Waals surface area contributed by atoms with E-state index in [4.69, 9.17) is 5.73 Å². The number of anilines is 1. The third-order valence-electron chi connectivity index (χ3n) is 3.88. The van der Waals surface area contributed by atoms with Crippen LogP contribution in [0.15, 0.2) is 24.5 Å². The summed E-state index contributed by atoms with van der Waals surface area (Å²) in [6, 6.07) is 3.56. The number of nitrogens with zero attached hydrogens (tertiary/aromatic N) is 1. The summed E-state index contributed by atoms with van der Waals surface area (Å²) in [4.78, 5) is 16.0. The molecule has 0 radical (unpaired) electrons. The zero-order valence-corrected chi connectivity index (χ0v) is 12.2. The van der Waals surface area contributed by atoms with E-state index in [1.807, 2.05) is 12.1 Å². The first-order chi connectivity index (χ1) is 10.2. The molecule has 1 aliphatic carbocycles. The molecule has 6 heteroatoms. The van der Waals surface area contributed by atoms with E-state index in [-0.39, 0.29) is 17.9 Å². The van der Waals surface area contributed by atoms with Gasteiger partial charge in [-0.05, 0) is 37.8 Å². The minimum Gasteiger partial charge on any atom is -0.392 e. The molecule has 1 amide bonds. The third kappa shape index (κ3) is 4.99. The maximum absolute atomic E-state index is 12.0. The van der Waals surface area contributed by atoms with E-state index in [0.717, 1.165) is 18.7 Å². The van der Waals surface area contributed by atoms with Gasteiger partial charge in [-0.1, -0.05) is 0 Å². The number of nitrogens with one attached hydrogen (secondary N) is 2. The number of aliphatic hydroxyl groups excluding tert-OH is 1. The summed E-state index contributed by atoms with van der Waals surface area (Å²) in [6.07, 6.45) is 5.79. The Hall–Kier alpha value is -1.66. The molecule has 5 N–H and O–H groups in total. The molecule has 6 nitrogen and oxygen atoms in total. The Morgan fingerprint density at radius 3 is 3.00 bits per heavy atom. The summed E-state index contributed by atoms with van der Waals surface area (Å²) in [5, 5.41) is 15.7. The standard InChI is InChI=1S/C15H24N4O2/c16-13-9-11(4-5-14(13)20)15(21)19-8-2-7-18-12-3-1-6-17-10-12/h1,3,6,10-11,13-14,18,20H,2,4-5,7-9,16H2,(H,19,21)/t11-,13+,14+/m0/s1. The van der Waals surface area contributed by atoms with Gasteiger partial charge in [-0.15, -0.1) is 0 Å². The fourth-order valence-corrected chi connectivity index (χ4v) is 2.57. The number of aliphatic hydroxyl groups is 1. The van der Waals surface area contributed by atoms with Gasteiger partial charge >= 0.3 is 0 Å². The molecule has 0 aromatic carbocycles. The van der Waals surface area contributed by atoms with Crippen molar-refractivity contribution in [3.05, 3.63) is 24.5 Å². The van der Waals surface area contributed by atoms with Gasteiger partial charge in [0.25, 0.3) is 0 Å². The molecular formula is C15H24N4O2. The van der Waals surface area contributed by atoms with Crippen LogP contribution >= 0.6 is 0 Å². The van der Waals surface area contributed by atoms with E-state index in [2.05, 4.69) is 15.6 Å². The smallest absolute Gasteiger partial charge is 0.223 e. The fraction of sp³-hybridized carbons (Fsp3) is 0.600. The molecule has 3 atom stereocenters. The SMILES string of the molecule is N[C@@H]1C[C@@H](C(=O)NCCCNc2cccnc2)CC[C@H]1O. The topological polar surface area (TPSA) is 100 Å². The van der Waals surface area contributed by atoms with Crippen molar-refractivity contribution in [3.8, 4) is 0 Å². The van der Waals surface area contributed by atoms with Gasteiger partial charge in [-0.3, -0.25) is 9.78 Å². The van der Waals surface area contributed by atoms with E-state index in [0.29, 0.717) is 25.8 Å². The second kappa shape index (κ2) is 7.95. The summed E-state index contributed by atoms with van der Waals surface area (Å²) in [5.74, 6) is -0.00610. The van der Waals surface area contributed by atoms with Crippen LogP contribution in [0.1, 0.15) is 25.7 Å². The lowest BCUT2D eigenvalue weighted by molar-refractivity contribution is -0.126. The molecule has 1 aromatic heterocycles. The number of nitrogens with two attached hydrogens (primary N) is 1. The first-order valence-corrected chi connectivity index (χ1v) is 7.52. The largest absolute Gasteiger partial charge is 0.392 e. The number of amides is 1. The predicted octanol–water partition coefficient (Wildman–Crippen LogP) is 0.488. The molecule has 0 bridgehead atoms. The highest BCUT2D eigenvalue weighted by molar-refractivity contribution is 5.78. The van der Waals surface area contributed by atoms with Crippen molar-refractivity contribution in [1.82, 2.24) is 10.3 Å². The van der Waals surface area contributed by atoms with Crippen molar-refractivity contribution in [3.63, 3.8) is 0 Å². The molecule has 0 saturated heterocycles. The van der Waals surface area contributed by atoms with Crippen LogP contribution < -0.4 is 16.4 Å². The molecule has 116 valence electrons. The first-order valence-electron chi connectivity index (χ1n) is 7.52. The van der Waals surface area contributed by atoms with Crippen LogP contribution in [0.25, 0.3) is 0 Å². The van der Waals surface area contributed by atoms with Crippen molar-refractivity contribution < 1.29 is 9.90 Å². The number of rotatable bonds is 6. The minimum atomic E-state index is -0.460. The lowest BCUT2D eigenvalue weighted by atomic mass is 9.84. The Morgan fingerprint density at radius 2 is 2.29 bits per heavy atom. The second-order valence-electron chi connectivity index (χ2n) is 5.55. The van der Waals surface area contributed by atoms with E-state index in [9.17, 15) is 9.90 Å². The number of hydrogen-bond acceptors (Lipinski definition) is 5. The van der Waals surface area contributed by atoms with Gasteiger partial charge in [0.15, 0.2) is 0 Å². The number of pyridine rings is 1. The summed E-state index contributed by atoms with van der Waals surface area (Å²) >= 11 is 0. The van der Waals surface area contributed by atoms with Crippen molar-refractivity contribution in [2.75, 3.05) is 18.4 Å². The van der Waals surface area contributed by atoms with Gasteiger partial charge in [0.1, 0.15) is 0 Å².